The number of aromatic nitrogens is 1. The molecule has 1 N–H and O–H groups in total. The second-order valence-electron chi connectivity index (χ2n) is 9.30. The molecule has 0 amide bonds. The predicted octanol–water partition coefficient (Wildman–Crippen LogP) is 4.68. The normalized spacial score (nSPS) is 24.1. The van der Waals surface area contributed by atoms with Gasteiger partial charge in [0.25, 0.3) is 0 Å². The van der Waals surface area contributed by atoms with Gasteiger partial charge in [0.1, 0.15) is 0 Å². The molecule has 0 saturated carbocycles. The van der Waals surface area contributed by atoms with Crippen LogP contribution >= 0.6 is 0 Å². The first kappa shape index (κ1) is 22.0. The van der Waals surface area contributed by atoms with Gasteiger partial charge < -0.3 is 5.11 Å². The minimum atomic E-state index is 0.221. The largest absolute Gasteiger partial charge is 0.395 e. The van der Waals surface area contributed by atoms with Gasteiger partial charge in [-0.1, -0.05) is 72.8 Å². The van der Waals surface area contributed by atoms with E-state index < -0.39 is 0 Å². The van der Waals surface area contributed by atoms with Crippen molar-refractivity contribution in [2.45, 2.75) is 37.4 Å². The summed E-state index contributed by atoms with van der Waals surface area (Å²) in [4.78, 5) is 9.41. The molecule has 170 valence electrons. The number of aliphatic hydroxyl groups excluding tert-OH is 1. The Morgan fingerprint density at radius 3 is 2.36 bits per heavy atom. The van der Waals surface area contributed by atoms with Crippen molar-refractivity contribution in [3.8, 4) is 0 Å². The van der Waals surface area contributed by atoms with E-state index in [9.17, 15) is 5.11 Å². The Morgan fingerprint density at radius 2 is 1.64 bits per heavy atom. The van der Waals surface area contributed by atoms with Crippen LogP contribution in [0.25, 0.3) is 12.2 Å². The minimum Gasteiger partial charge on any atom is -0.395 e. The van der Waals surface area contributed by atoms with Gasteiger partial charge in [-0.05, 0) is 54.3 Å². The van der Waals surface area contributed by atoms with Crippen molar-refractivity contribution in [2.24, 2.45) is 0 Å². The van der Waals surface area contributed by atoms with E-state index in [2.05, 4.69) is 81.5 Å². The molecule has 0 bridgehead atoms. The molecule has 3 heterocycles. The molecule has 2 aromatic carbocycles. The highest BCUT2D eigenvalue weighted by molar-refractivity contribution is 5.69. The van der Waals surface area contributed by atoms with E-state index in [1.807, 2.05) is 24.5 Å². The molecule has 4 heteroatoms. The van der Waals surface area contributed by atoms with Crippen LogP contribution in [0.1, 0.15) is 41.0 Å². The average molecular weight is 440 g/mol. The maximum Gasteiger partial charge on any atom is 0.0593 e. The molecule has 4 nitrogen and oxygen atoms in total. The molecule has 3 aromatic rings. The lowest BCUT2D eigenvalue weighted by molar-refractivity contribution is -0.0655. The van der Waals surface area contributed by atoms with E-state index >= 15 is 0 Å². The van der Waals surface area contributed by atoms with E-state index in [0.29, 0.717) is 12.0 Å². The van der Waals surface area contributed by atoms with Crippen LogP contribution in [0.4, 0.5) is 0 Å². The van der Waals surface area contributed by atoms with E-state index in [0.717, 1.165) is 26.2 Å². The van der Waals surface area contributed by atoms with Gasteiger partial charge in [-0.15, -0.1) is 0 Å². The summed E-state index contributed by atoms with van der Waals surface area (Å²) in [6, 6.07) is 24.2. The molecular formula is C29H33N3O. The summed E-state index contributed by atoms with van der Waals surface area (Å²) in [6.45, 7) is 4.41. The first-order valence-electron chi connectivity index (χ1n) is 12.1. The van der Waals surface area contributed by atoms with Crippen LogP contribution in [0.5, 0.6) is 0 Å². The van der Waals surface area contributed by atoms with E-state index in [-0.39, 0.29) is 12.6 Å². The van der Waals surface area contributed by atoms with E-state index in [4.69, 9.17) is 0 Å². The molecule has 0 aliphatic carbocycles. The van der Waals surface area contributed by atoms with Crippen LogP contribution in [0.15, 0.2) is 79.1 Å². The second-order valence-corrected chi connectivity index (χ2v) is 9.30. The Morgan fingerprint density at radius 1 is 0.879 bits per heavy atom. The van der Waals surface area contributed by atoms with Gasteiger partial charge in [0.15, 0.2) is 0 Å². The highest BCUT2D eigenvalue weighted by Gasteiger charge is 2.48. The zero-order valence-corrected chi connectivity index (χ0v) is 19.1. The lowest BCUT2D eigenvalue weighted by Crippen LogP contribution is -2.67. The fourth-order valence-electron chi connectivity index (χ4n) is 5.49. The lowest BCUT2D eigenvalue weighted by atomic mass is 9.74. The van der Waals surface area contributed by atoms with Crippen molar-refractivity contribution in [2.75, 3.05) is 26.2 Å². The van der Waals surface area contributed by atoms with Crippen LogP contribution in [-0.2, 0) is 6.54 Å². The first-order chi connectivity index (χ1) is 16.3. The van der Waals surface area contributed by atoms with Crippen LogP contribution in [0, 0.1) is 0 Å². The lowest BCUT2D eigenvalue weighted by Gasteiger charge is -2.57. The molecule has 5 rings (SSSR count). The molecule has 2 fully saturated rings. The van der Waals surface area contributed by atoms with Crippen LogP contribution in [-0.4, -0.2) is 58.2 Å². The molecule has 2 saturated heterocycles. The Kier molecular flexibility index (Phi) is 6.96. The van der Waals surface area contributed by atoms with Gasteiger partial charge in [-0.3, -0.25) is 14.8 Å². The van der Waals surface area contributed by atoms with Gasteiger partial charge in [-0.25, -0.2) is 0 Å². The van der Waals surface area contributed by atoms with Gasteiger partial charge in [0, 0.05) is 43.5 Å². The average Bonchev–Trinajstić information content (AvgIpc) is 2.85. The first-order valence-corrected chi connectivity index (χ1v) is 12.1. The summed E-state index contributed by atoms with van der Waals surface area (Å²) >= 11 is 0. The summed E-state index contributed by atoms with van der Waals surface area (Å²) in [5, 5.41) is 10.2. The summed E-state index contributed by atoms with van der Waals surface area (Å²) < 4.78 is 0. The monoisotopic (exact) mass is 439 g/mol. The molecule has 0 radical (unpaired) electrons. The Labute approximate surface area is 197 Å². The number of hydrogen-bond donors (Lipinski definition) is 1. The zero-order chi connectivity index (χ0) is 22.5. The van der Waals surface area contributed by atoms with Crippen LogP contribution in [0.2, 0.25) is 0 Å². The van der Waals surface area contributed by atoms with Crippen LogP contribution in [0.3, 0.4) is 0 Å². The Hall–Kier alpha value is -2.79. The third-order valence-electron chi connectivity index (χ3n) is 7.17. The maximum absolute atomic E-state index is 10.2. The molecule has 0 spiro atoms. The summed E-state index contributed by atoms with van der Waals surface area (Å²) in [6.07, 6.45) is 10.5. The molecule has 3 atom stereocenters. The number of hydrogen-bond acceptors (Lipinski definition) is 4. The quantitative estimate of drug-likeness (QED) is 0.566. The molecule has 2 aliphatic heterocycles. The smallest absolute Gasteiger partial charge is 0.0593 e. The van der Waals surface area contributed by atoms with Crippen molar-refractivity contribution in [1.29, 1.82) is 0 Å². The SMILES string of the molecule is OC[C@H]1[C@H](c2ccc(C=Cc3ccccc3)cc2)[C@@H]2CN(Cc3cccnc3)CCCCN12. The summed E-state index contributed by atoms with van der Waals surface area (Å²) in [5.41, 5.74) is 5.03. The van der Waals surface area contributed by atoms with Gasteiger partial charge in [0.05, 0.1) is 6.61 Å². The molecule has 2 aliphatic rings. The minimum absolute atomic E-state index is 0.221. The highest BCUT2D eigenvalue weighted by Crippen LogP contribution is 2.42. The molecule has 1 aromatic heterocycles. The van der Waals surface area contributed by atoms with Crippen molar-refractivity contribution >= 4 is 12.2 Å². The number of nitrogens with zero attached hydrogens (tertiary/aromatic N) is 3. The predicted molar refractivity (Wildman–Crippen MR) is 135 cm³/mol. The van der Waals surface area contributed by atoms with E-state index in [1.165, 1.54) is 35.1 Å². The van der Waals surface area contributed by atoms with Gasteiger partial charge in [0.2, 0.25) is 0 Å². The summed E-state index contributed by atoms with van der Waals surface area (Å²) in [5.74, 6) is 0.372. The molecular weight excluding hydrogens is 406 g/mol. The second kappa shape index (κ2) is 10.4. The topological polar surface area (TPSA) is 39.6 Å². The van der Waals surface area contributed by atoms with E-state index in [1.54, 1.807) is 0 Å². The number of fused-ring (bicyclic) bond motifs is 1. The third kappa shape index (κ3) is 5.09. The third-order valence-corrected chi connectivity index (χ3v) is 7.17. The standard InChI is InChI=1S/C29H33N3O/c33-22-28-29(26-14-12-24(13-15-26)11-10-23-7-2-1-3-8-23)27-21-31(17-4-5-18-32(27)28)20-25-9-6-16-30-19-25/h1-3,6-16,19,27-29,33H,4-5,17-18,20-22H2/t27-,28-,29+/m0/s1. The summed E-state index contributed by atoms with van der Waals surface area (Å²) in [7, 11) is 0. The van der Waals surface area contributed by atoms with Crippen molar-refractivity contribution in [3.05, 3.63) is 101 Å². The Bertz CT molecular complexity index is 1040. The zero-order valence-electron chi connectivity index (χ0n) is 19.1. The molecule has 0 unspecified atom stereocenters. The Balaban J connectivity index is 1.31. The number of aliphatic hydroxyl groups is 1. The highest BCUT2D eigenvalue weighted by atomic mass is 16.3. The van der Waals surface area contributed by atoms with Gasteiger partial charge in [-0.2, -0.15) is 0 Å². The molecule has 33 heavy (non-hydrogen) atoms. The van der Waals surface area contributed by atoms with Crippen molar-refractivity contribution in [3.63, 3.8) is 0 Å². The van der Waals surface area contributed by atoms with Crippen molar-refractivity contribution < 1.29 is 5.11 Å². The van der Waals surface area contributed by atoms with Crippen molar-refractivity contribution in [1.82, 2.24) is 14.8 Å². The number of pyridine rings is 1. The fraction of sp³-hybridized carbons (Fsp3) is 0.345. The fourth-order valence-corrected chi connectivity index (χ4v) is 5.49. The number of benzene rings is 2. The number of rotatable bonds is 6. The maximum atomic E-state index is 10.2. The van der Waals surface area contributed by atoms with Crippen LogP contribution < -0.4 is 0 Å². The van der Waals surface area contributed by atoms with Gasteiger partial charge >= 0.3 is 0 Å².